The van der Waals surface area contributed by atoms with Crippen molar-refractivity contribution in [2.45, 2.75) is 6.92 Å². The molecule has 1 aromatic heterocycles. The predicted octanol–water partition coefficient (Wildman–Crippen LogP) is 2.98. The summed E-state index contributed by atoms with van der Waals surface area (Å²) in [6.45, 7) is 2.12. The summed E-state index contributed by atoms with van der Waals surface area (Å²) < 4.78 is 18.5. The van der Waals surface area contributed by atoms with E-state index >= 15 is 0 Å². The molecule has 1 amide bonds. The maximum absolute atomic E-state index is 13.1. The van der Waals surface area contributed by atoms with E-state index in [1.807, 2.05) is 0 Å². The second-order valence-corrected chi connectivity index (χ2v) is 4.95. The van der Waals surface area contributed by atoms with E-state index in [1.165, 1.54) is 18.2 Å². The van der Waals surface area contributed by atoms with Gasteiger partial charge in [0, 0.05) is 6.07 Å². The first-order valence-corrected chi connectivity index (χ1v) is 6.52. The molecule has 100 valence electrons. The molecule has 0 atom stereocenters. The van der Waals surface area contributed by atoms with Crippen LogP contribution in [0.3, 0.4) is 0 Å². The van der Waals surface area contributed by atoms with Crippen molar-refractivity contribution in [2.75, 3.05) is 11.9 Å². The van der Waals surface area contributed by atoms with Crippen LogP contribution in [0.15, 0.2) is 18.2 Å². The summed E-state index contributed by atoms with van der Waals surface area (Å²) in [6, 6.07) is 3.85. The van der Waals surface area contributed by atoms with Crippen LogP contribution in [-0.4, -0.2) is 22.7 Å². The van der Waals surface area contributed by atoms with E-state index in [1.54, 1.807) is 6.92 Å². The number of anilines is 1. The number of carbonyl (C=O) groups excluding carboxylic acids is 1. The second kappa shape index (κ2) is 5.94. The first kappa shape index (κ1) is 13.7. The molecule has 0 saturated heterocycles. The molecule has 1 heterocycles. The van der Waals surface area contributed by atoms with Crippen LogP contribution in [0.4, 0.5) is 10.1 Å². The average molecular weight is 302 g/mol. The van der Waals surface area contributed by atoms with E-state index in [2.05, 4.69) is 15.5 Å². The average Bonchev–Trinajstić information content (AvgIpc) is 2.80. The summed E-state index contributed by atoms with van der Waals surface area (Å²) in [5.41, 5.74) is 0.361. The second-order valence-electron chi connectivity index (χ2n) is 3.39. The molecular weight excluding hydrogens is 293 g/mol. The van der Waals surface area contributed by atoms with Crippen molar-refractivity contribution < 1.29 is 13.9 Å². The molecule has 8 heteroatoms. The summed E-state index contributed by atoms with van der Waals surface area (Å²) in [5.74, 6) is -0.663. The molecule has 2 aromatic rings. The zero-order chi connectivity index (χ0) is 13.8. The van der Waals surface area contributed by atoms with Gasteiger partial charge in [-0.05, 0) is 30.7 Å². The van der Waals surface area contributed by atoms with Crippen LogP contribution in [0.5, 0.6) is 5.75 Å². The number of benzene rings is 1. The highest BCUT2D eigenvalue weighted by Crippen LogP contribution is 2.26. The predicted molar refractivity (Wildman–Crippen MR) is 70.4 cm³/mol. The Morgan fingerprint density at radius 2 is 2.32 bits per heavy atom. The van der Waals surface area contributed by atoms with E-state index in [9.17, 15) is 9.18 Å². The van der Waals surface area contributed by atoms with Crippen molar-refractivity contribution in [2.24, 2.45) is 0 Å². The first-order valence-electron chi connectivity index (χ1n) is 5.33. The fourth-order valence-electron chi connectivity index (χ4n) is 1.35. The number of amides is 1. The van der Waals surface area contributed by atoms with Crippen molar-refractivity contribution >= 4 is 34.5 Å². The number of hydrogen-bond acceptors (Lipinski definition) is 5. The summed E-state index contributed by atoms with van der Waals surface area (Å²) in [6.07, 6.45) is 0. The molecule has 0 fully saturated rings. The number of aromatic nitrogens is 2. The SMILES string of the molecule is CCOc1cc(F)ccc1NC(=O)c1nnc(Cl)s1. The van der Waals surface area contributed by atoms with Crippen molar-refractivity contribution in [3.63, 3.8) is 0 Å². The summed E-state index contributed by atoms with van der Waals surface area (Å²) in [5, 5.41) is 9.84. The lowest BCUT2D eigenvalue weighted by Gasteiger charge is -2.10. The van der Waals surface area contributed by atoms with Gasteiger partial charge >= 0.3 is 0 Å². The Bertz CT molecular complexity index is 605. The number of carbonyl (C=O) groups is 1. The summed E-state index contributed by atoms with van der Waals surface area (Å²) in [4.78, 5) is 11.9. The summed E-state index contributed by atoms with van der Waals surface area (Å²) in [7, 11) is 0. The maximum Gasteiger partial charge on any atom is 0.286 e. The lowest BCUT2D eigenvalue weighted by atomic mass is 10.3. The van der Waals surface area contributed by atoms with Crippen LogP contribution in [-0.2, 0) is 0 Å². The van der Waals surface area contributed by atoms with Gasteiger partial charge in [0.2, 0.25) is 9.47 Å². The lowest BCUT2D eigenvalue weighted by Crippen LogP contribution is -2.13. The topological polar surface area (TPSA) is 64.1 Å². The van der Waals surface area contributed by atoms with Crippen LogP contribution in [0.2, 0.25) is 4.47 Å². The Hall–Kier alpha value is -1.73. The number of ether oxygens (including phenoxy) is 1. The molecule has 0 radical (unpaired) electrons. The van der Waals surface area contributed by atoms with Crippen LogP contribution >= 0.6 is 22.9 Å². The van der Waals surface area contributed by atoms with Crippen molar-refractivity contribution in [1.82, 2.24) is 10.2 Å². The fraction of sp³-hybridized carbons (Fsp3) is 0.182. The highest BCUT2D eigenvalue weighted by Gasteiger charge is 2.15. The number of hydrogen-bond donors (Lipinski definition) is 1. The largest absolute Gasteiger partial charge is 0.492 e. The number of nitrogens with one attached hydrogen (secondary N) is 1. The monoisotopic (exact) mass is 301 g/mol. The minimum atomic E-state index is -0.475. The standard InChI is InChI=1S/C11H9ClFN3O2S/c1-2-18-8-5-6(13)3-4-7(8)14-9(17)10-15-16-11(12)19-10/h3-5H,2H2,1H3,(H,14,17). The van der Waals surface area contributed by atoms with E-state index in [-0.39, 0.29) is 15.2 Å². The molecular formula is C11H9ClFN3O2S. The first-order chi connectivity index (χ1) is 9.10. The Labute approximate surface area is 117 Å². The molecule has 1 aromatic carbocycles. The van der Waals surface area contributed by atoms with Gasteiger partial charge in [0.25, 0.3) is 5.91 Å². The van der Waals surface area contributed by atoms with Gasteiger partial charge in [0.1, 0.15) is 11.6 Å². The van der Waals surface area contributed by atoms with Gasteiger partial charge in [-0.25, -0.2) is 4.39 Å². The molecule has 0 unspecified atom stereocenters. The van der Waals surface area contributed by atoms with Crippen molar-refractivity contribution in [3.8, 4) is 5.75 Å². The van der Waals surface area contributed by atoms with E-state index < -0.39 is 11.7 Å². The van der Waals surface area contributed by atoms with Gasteiger partial charge < -0.3 is 10.1 Å². The Balaban J connectivity index is 2.20. The molecule has 0 aliphatic heterocycles. The molecule has 0 spiro atoms. The summed E-state index contributed by atoms with van der Waals surface area (Å²) >= 11 is 6.55. The van der Waals surface area contributed by atoms with Gasteiger partial charge in [0.15, 0.2) is 0 Å². The van der Waals surface area contributed by atoms with Gasteiger partial charge in [-0.15, -0.1) is 10.2 Å². The molecule has 1 N–H and O–H groups in total. The third-order valence-corrected chi connectivity index (χ3v) is 3.10. The van der Waals surface area contributed by atoms with Gasteiger partial charge in [-0.2, -0.15) is 0 Å². The Morgan fingerprint density at radius 3 is 2.95 bits per heavy atom. The quantitative estimate of drug-likeness (QED) is 0.943. The Kier molecular flexibility index (Phi) is 4.28. The van der Waals surface area contributed by atoms with E-state index in [0.717, 1.165) is 11.3 Å². The highest BCUT2D eigenvalue weighted by atomic mass is 35.5. The minimum absolute atomic E-state index is 0.122. The molecule has 2 rings (SSSR count). The van der Waals surface area contributed by atoms with Crippen LogP contribution in [0.1, 0.15) is 16.7 Å². The van der Waals surface area contributed by atoms with Crippen LogP contribution in [0, 0.1) is 5.82 Å². The number of halogens is 2. The van der Waals surface area contributed by atoms with Crippen LogP contribution < -0.4 is 10.1 Å². The van der Waals surface area contributed by atoms with Crippen molar-refractivity contribution in [3.05, 3.63) is 33.5 Å². The zero-order valence-corrected chi connectivity index (χ0v) is 11.4. The minimum Gasteiger partial charge on any atom is -0.492 e. The number of rotatable bonds is 4. The van der Waals surface area contributed by atoms with E-state index in [4.69, 9.17) is 16.3 Å². The number of nitrogens with zero attached hydrogens (tertiary/aromatic N) is 2. The third-order valence-electron chi connectivity index (χ3n) is 2.09. The van der Waals surface area contributed by atoms with Gasteiger partial charge in [-0.1, -0.05) is 11.3 Å². The fourth-order valence-corrected chi connectivity index (χ4v) is 2.07. The molecule has 0 aliphatic rings. The molecule has 0 bridgehead atoms. The highest BCUT2D eigenvalue weighted by molar-refractivity contribution is 7.17. The van der Waals surface area contributed by atoms with Gasteiger partial charge in [0.05, 0.1) is 12.3 Å². The third kappa shape index (κ3) is 3.39. The lowest BCUT2D eigenvalue weighted by molar-refractivity contribution is 0.102. The van der Waals surface area contributed by atoms with Crippen LogP contribution in [0.25, 0.3) is 0 Å². The zero-order valence-electron chi connectivity index (χ0n) is 9.81. The molecule has 0 saturated carbocycles. The molecule has 0 aliphatic carbocycles. The maximum atomic E-state index is 13.1. The van der Waals surface area contributed by atoms with Crippen molar-refractivity contribution in [1.29, 1.82) is 0 Å². The Morgan fingerprint density at radius 1 is 1.53 bits per heavy atom. The van der Waals surface area contributed by atoms with Gasteiger partial charge in [-0.3, -0.25) is 4.79 Å². The smallest absolute Gasteiger partial charge is 0.286 e. The normalized spacial score (nSPS) is 10.3. The van der Waals surface area contributed by atoms with E-state index in [0.29, 0.717) is 12.3 Å². The molecule has 5 nitrogen and oxygen atoms in total. The molecule has 19 heavy (non-hydrogen) atoms.